The number of amides is 3. The largest absolute Gasteiger partial charge is 0.354 e. The summed E-state index contributed by atoms with van der Waals surface area (Å²) in [4.78, 5) is 39.4. The summed E-state index contributed by atoms with van der Waals surface area (Å²) < 4.78 is 54.7. The van der Waals surface area contributed by atoms with Crippen LogP contribution in [0.4, 0.5) is 8.78 Å². The number of halogens is 2. The van der Waals surface area contributed by atoms with Crippen LogP contribution in [-0.2, 0) is 19.6 Å². The lowest BCUT2D eigenvalue weighted by molar-refractivity contribution is -0.132. The van der Waals surface area contributed by atoms with Crippen molar-refractivity contribution in [3.05, 3.63) is 65.7 Å². The van der Waals surface area contributed by atoms with E-state index in [4.69, 9.17) is 0 Å². The molecule has 3 amide bonds. The number of hydrogen-bond acceptors (Lipinski definition) is 5. The molecule has 4 rings (SSSR count). The molecule has 2 aliphatic rings. The number of rotatable bonds is 5. The standard InChI is InChI=1S/C23H24F2N4O5S/c24-16-6-8-18(9-7-16)35(33,34)29-12-11-28(23(32)15-3-1-4-17(25)13-15)14-20(29)22(31)27-19-5-2-10-26-21(19)30/h1,3-4,6-9,13,19-20H,2,5,10-12,14H2,(H,26,30)(H,27,31). The number of piperidine rings is 1. The van der Waals surface area contributed by atoms with E-state index < -0.39 is 45.6 Å². The van der Waals surface area contributed by atoms with Crippen LogP contribution in [0.2, 0.25) is 0 Å². The predicted octanol–water partition coefficient (Wildman–Crippen LogP) is 0.875. The van der Waals surface area contributed by atoms with Crippen molar-refractivity contribution < 1.29 is 31.6 Å². The number of carbonyl (C=O) groups is 3. The maximum atomic E-state index is 13.6. The van der Waals surface area contributed by atoms with Gasteiger partial charge in [-0.2, -0.15) is 4.31 Å². The van der Waals surface area contributed by atoms with Crippen molar-refractivity contribution >= 4 is 27.7 Å². The first kappa shape index (κ1) is 24.7. The lowest BCUT2D eigenvalue weighted by Gasteiger charge is -2.40. The molecule has 0 aromatic heterocycles. The Kier molecular flexibility index (Phi) is 7.13. The zero-order valence-corrected chi connectivity index (χ0v) is 19.4. The minimum absolute atomic E-state index is 0.0521. The van der Waals surface area contributed by atoms with Crippen molar-refractivity contribution in [2.45, 2.75) is 29.8 Å². The van der Waals surface area contributed by atoms with Crippen LogP contribution in [0.1, 0.15) is 23.2 Å². The van der Waals surface area contributed by atoms with Crippen LogP contribution < -0.4 is 10.6 Å². The van der Waals surface area contributed by atoms with E-state index >= 15 is 0 Å². The number of nitrogens with one attached hydrogen (secondary N) is 2. The molecule has 2 aromatic rings. The number of benzene rings is 2. The second-order valence-corrected chi connectivity index (χ2v) is 10.2. The van der Waals surface area contributed by atoms with E-state index in [2.05, 4.69) is 10.6 Å². The molecule has 2 atom stereocenters. The Morgan fingerprint density at radius 3 is 2.46 bits per heavy atom. The molecule has 9 nitrogen and oxygen atoms in total. The summed E-state index contributed by atoms with van der Waals surface area (Å²) in [7, 11) is -4.24. The molecule has 0 spiro atoms. The molecule has 35 heavy (non-hydrogen) atoms. The van der Waals surface area contributed by atoms with Gasteiger partial charge in [0, 0.05) is 31.7 Å². The Balaban J connectivity index is 1.62. The molecule has 2 aromatic carbocycles. The van der Waals surface area contributed by atoms with Gasteiger partial charge in [-0.15, -0.1) is 0 Å². The van der Waals surface area contributed by atoms with Gasteiger partial charge in [0.2, 0.25) is 21.8 Å². The SMILES string of the molecule is O=C1NCCCC1NC(=O)C1CN(C(=O)c2cccc(F)c2)CCN1S(=O)(=O)c1ccc(F)cc1. The number of sulfonamides is 1. The van der Waals surface area contributed by atoms with Crippen molar-refractivity contribution in [3.8, 4) is 0 Å². The number of carbonyl (C=O) groups excluding carboxylic acids is 3. The van der Waals surface area contributed by atoms with Gasteiger partial charge in [0.25, 0.3) is 5.91 Å². The molecule has 2 heterocycles. The summed E-state index contributed by atoms with van der Waals surface area (Å²) in [6.07, 6.45) is 1.03. The highest BCUT2D eigenvalue weighted by Crippen LogP contribution is 2.24. The first-order chi connectivity index (χ1) is 16.7. The minimum atomic E-state index is -4.24. The average molecular weight is 507 g/mol. The van der Waals surface area contributed by atoms with Crippen molar-refractivity contribution in [2.75, 3.05) is 26.2 Å². The van der Waals surface area contributed by atoms with Gasteiger partial charge in [0.05, 0.1) is 4.90 Å². The van der Waals surface area contributed by atoms with Gasteiger partial charge in [-0.25, -0.2) is 17.2 Å². The Labute approximate surface area is 201 Å². The summed E-state index contributed by atoms with van der Waals surface area (Å²) >= 11 is 0. The smallest absolute Gasteiger partial charge is 0.254 e. The molecule has 0 bridgehead atoms. The summed E-state index contributed by atoms with van der Waals surface area (Å²) in [5.41, 5.74) is 0.0608. The van der Waals surface area contributed by atoms with Gasteiger partial charge < -0.3 is 15.5 Å². The molecule has 2 N–H and O–H groups in total. The summed E-state index contributed by atoms with van der Waals surface area (Å²) in [5, 5.41) is 5.24. The molecule has 2 aliphatic heterocycles. The number of piperazine rings is 1. The Bertz CT molecular complexity index is 1240. The summed E-state index contributed by atoms with van der Waals surface area (Å²) in [6, 6.07) is 7.05. The lowest BCUT2D eigenvalue weighted by Crippen LogP contribution is -2.63. The van der Waals surface area contributed by atoms with Gasteiger partial charge in [-0.05, 0) is 55.3 Å². The first-order valence-corrected chi connectivity index (χ1v) is 12.5. The Morgan fingerprint density at radius 1 is 1.03 bits per heavy atom. The molecule has 12 heteroatoms. The van der Waals surface area contributed by atoms with E-state index in [9.17, 15) is 31.6 Å². The highest BCUT2D eigenvalue weighted by Gasteiger charge is 2.42. The van der Waals surface area contributed by atoms with Gasteiger partial charge in [0.1, 0.15) is 23.7 Å². The van der Waals surface area contributed by atoms with E-state index in [1.807, 2.05) is 0 Å². The molecular weight excluding hydrogens is 482 g/mol. The van der Waals surface area contributed by atoms with Gasteiger partial charge in [-0.1, -0.05) is 6.07 Å². The third-order valence-corrected chi connectivity index (χ3v) is 7.94. The average Bonchev–Trinajstić information content (AvgIpc) is 2.85. The molecular formula is C23H24F2N4O5S. The van der Waals surface area contributed by atoms with Crippen LogP contribution in [0.3, 0.4) is 0 Å². The maximum Gasteiger partial charge on any atom is 0.254 e. The second-order valence-electron chi connectivity index (χ2n) is 8.34. The fourth-order valence-corrected chi connectivity index (χ4v) is 5.75. The fraction of sp³-hybridized carbons (Fsp3) is 0.348. The number of nitrogens with zero attached hydrogens (tertiary/aromatic N) is 2. The monoisotopic (exact) mass is 506 g/mol. The topological polar surface area (TPSA) is 116 Å². The zero-order chi connectivity index (χ0) is 25.2. The molecule has 0 radical (unpaired) electrons. The van der Waals surface area contributed by atoms with E-state index in [0.717, 1.165) is 34.6 Å². The van der Waals surface area contributed by atoms with Crippen molar-refractivity contribution in [1.82, 2.24) is 19.8 Å². The summed E-state index contributed by atoms with van der Waals surface area (Å²) in [6.45, 7) is -0.106. The minimum Gasteiger partial charge on any atom is -0.354 e. The molecule has 2 fully saturated rings. The van der Waals surface area contributed by atoms with Crippen molar-refractivity contribution in [3.63, 3.8) is 0 Å². The molecule has 186 valence electrons. The van der Waals surface area contributed by atoms with Crippen molar-refractivity contribution in [1.29, 1.82) is 0 Å². The van der Waals surface area contributed by atoms with E-state index in [0.29, 0.717) is 19.4 Å². The van der Waals surface area contributed by atoms with Crippen LogP contribution in [0.25, 0.3) is 0 Å². The highest BCUT2D eigenvalue weighted by molar-refractivity contribution is 7.89. The normalized spacial score (nSPS) is 21.3. The predicted molar refractivity (Wildman–Crippen MR) is 121 cm³/mol. The molecule has 0 aliphatic carbocycles. The second kappa shape index (κ2) is 10.1. The molecule has 2 unspecified atom stereocenters. The number of hydrogen-bond donors (Lipinski definition) is 2. The Morgan fingerprint density at radius 2 is 1.77 bits per heavy atom. The van der Waals surface area contributed by atoms with Crippen LogP contribution in [0.5, 0.6) is 0 Å². The molecule has 2 saturated heterocycles. The molecule has 0 saturated carbocycles. The first-order valence-electron chi connectivity index (χ1n) is 11.1. The third-order valence-electron chi connectivity index (χ3n) is 6.01. The van der Waals surface area contributed by atoms with Crippen LogP contribution in [0.15, 0.2) is 53.4 Å². The van der Waals surface area contributed by atoms with Crippen LogP contribution in [-0.4, -0.2) is 73.6 Å². The van der Waals surface area contributed by atoms with Gasteiger partial charge >= 0.3 is 0 Å². The summed E-state index contributed by atoms with van der Waals surface area (Å²) in [5.74, 6) is -2.90. The lowest BCUT2D eigenvalue weighted by atomic mass is 10.1. The van der Waals surface area contributed by atoms with E-state index in [-0.39, 0.29) is 36.0 Å². The van der Waals surface area contributed by atoms with E-state index in [1.54, 1.807) is 0 Å². The van der Waals surface area contributed by atoms with Gasteiger partial charge in [-0.3, -0.25) is 14.4 Å². The van der Waals surface area contributed by atoms with Gasteiger partial charge in [0.15, 0.2) is 0 Å². The quantitative estimate of drug-likeness (QED) is 0.625. The fourth-order valence-electron chi connectivity index (χ4n) is 4.18. The van der Waals surface area contributed by atoms with E-state index in [1.165, 1.54) is 23.1 Å². The highest BCUT2D eigenvalue weighted by atomic mass is 32.2. The Hall–Kier alpha value is -3.38. The van der Waals surface area contributed by atoms with Crippen molar-refractivity contribution in [2.24, 2.45) is 0 Å². The van der Waals surface area contributed by atoms with Crippen LogP contribution >= 0.6 is 0 Å². The van der Waals surface area contributed by atoms with Crippen LogP contribution in [0, 0.1) is 11.6 Å². The maximum absolute atomic E-state index is 13.6. The zero-order valence-electron chi connectivity index (χ0n) is 18.6. The third kappa shape index (κ3) is 5.33.